The predicted octanol–water partition coefficient (Wildman–Crippen LogP) is 2.89. The molecule has 0 spiro atoms. The first kappa shape index (κ1) is 19.5. The van der Waals surface area contributed by atoms with E-state index in [2.05, 4.69) is 21.2 Å². The van der Waals surface area contributed by atoms with Crippen LogP contribution in [0.5, 0.6) is 0 Å². The number of benzene rings is 1. The van der Waals surface area contributed by atoms with E-state index in [1.165, 1.54) is 36.5 Å². The maximum absolute atomic E-state index is 13.0. The molecule has 0 aliphatic heterocycles. The van der Waals surface area contributed by atoms with Gasteiger partial charge in [-0.15, -0.1) is 0 Å². The lowest BCUT2D eigenvalue weighted by Crippen LogP contribution is -2.21. The van der Waals surface area contributed by atoms with Gasteiger partial charge in [-0.1, -0.05) is 27.5 Å². The topological polar surface area (TPSA) is 94.5 Å². The lowest BCUT2D eigenvalue weighted by atomic mass is 10.3. The van der Waals surface area contributed by atoms with Gasteiger partial charge in [-0.3, -0.25) is 4.79 Å². The molecule has 0 aliphatic carbocycles. The van der Waals surface area contributed by atoms with Gasteiger partial charge < -0.3 is 10.1 Å². The van der Waals surface area contributed by atoms with Gasteiger partial charge in [0.15, 0.2) is 0 Å². The number of carbonyl (C=O) groups is 2. The molecule has 0 unspecified atom stereocenters. The van der Waals surface area contributed by atoms with Crippen LogP contribution in [-0.4, -0.2) is 36.2 Å². The third-order valence-corrected chi connectivity index (χ3v) is 5.55. The highest BCUT2D eigenvalue weighted by atomic mass is 79.9. The quantitative estimate of drug-likeness (QED) is 0.540. The van der Waals surface area contributed by atoms with Crippen molar-refractivity contribution in [3.8, 4) is 0 Å². The number of halogens is 2. The summed E-state index contributed by atoms with van der Waals surface area (Å²) in [6, 6.07) is 6.77. The number of nitrogens with one attached hydrogen (secondary N) is 1. The molecular weight excluding hydrogens is 436 g/mol. The van der Waals surface area contributed by atoms with Crippen molar-refractivity contribution in [3.63, 3.8) is 0 Å². The van der Waals surface area contributed by atoms with E-state index in [1.54, 1.807) is 6.92 Å². The molecule has 0 aliphatic rings. The van der Waals surface area contributed by atoms with E-state index in [9.17, 15) is 18.0 Å². The normalized spacial score (nSPS) is 11.2. The number of carbonyl (C=O) groups excluding carboxylic acids is 2. The number of esters is 1. The molecule has 0 saturated heterocycles. The molecule has 2 aromatic rings. The van der Waals surface area contributed by atoms with Crippen LogP contribution in [0, 0.1) is 0 Å². The van der Waals surface area contributed by atoms with Crippen molar-refractivity contribution in [1.29, 1.82) is 0 Å². The summed E-state index contributed by atoms with van der Waals surface area (Å²) in [5.41, 5.74) is -0.100. The van der Waals surface area contributed by atoms with Crippen LogP contribution in [0.25, 0.3) is 0 Å². The van der Waals surface area contributed by atoms with Crippen LogP contribution in [0.4, 0.5) is 5.69 Å². The molecule has 25 heavy (non-hydrogen) atoms. The lowest BCUT2D eigenvalue weighted by Gasteiger charge is -2.14. The Morgan fingerprint density at radius 2 is 2.04 bits per heavy atom. The number of aromatic nitrogens is 1. The largest absolute Gasteiger partial charge is 0.461 e. The van der Waals surface area contributed by atoms with Gasteiger partial charge in [0.25, 0.3) is 10.0 Å². The zero-order valence-electron chi connectivity index (χ0n) is 13.0. The van der Waals surface area contributed by atoms with Crippen LogP contribution in [0.2, 0.25) is 5.02 Å². The first-order valence-electron chi connectivity index (χ1n) is 7.06. The summed E-state index contributed by atoms with van der Waals surface area (Å²) < 4.78 is 31.7. The molecule has 10 heteroatoms. The van der Waals surface area contributed by atoms with Crippen LogP contribution in [0.1, 0.15) is 17.4 Å². The monoisotopic (exact) mass is 448 g/mol. The summed E-state index contributed by atoms with van der Waals surface area (Å²) in [6.45, 7) is 1.72. The molecule has 7 nitrogen and oxygen atoms in total. The first-order valence-corrected chi connectivity index (χ1v) is 10.0. The summed E-state index contributed by atoms with van der Waals surface area (Å²) in [4.78, 5) is 23.4. The molecule has 1 N–H and O–H groups in total. The third-order valence-electron chi connectivity index (χ3n) is 3.07. The molecule has 1 aromatic heterocycles. The lowest BCUT2D eigenvalue weighted by molar-refractivity contribution is -0.113. The third kappa shape index (κ3) is 4.23. The van der Waals surface area contributed by atoms with E-state index >= 15 is 0 Å². The Hall–Kier alpha value is -1.84. The van der Waals surface area contributed by atoms with Crippen molar-refractivity contribution in [1.82, 2.24) is 3.97 Å². The molecule has 1 heterocycles. The van der Waals surface area contributed by atoms with E-state index in [4.69, 9.17) is 16.3 Å². The number of hydrogen-bond acceptors (Lipinski definition) is 5. The van der Waals surface area contributed by atoms with Gasteiger partial charge in [-0.25, -0.2) is 17.2 Å². The Bertz CT molecular complexity index is 910. The zero-order chi connectivity index (χ0) is 18.6. The SMILES string of the molecule is CCOC(=O)c1cccn1S(=O)(=O)c1cc(Cl)ccc1NC(=O)CBr. The Kier molecular flexibility index (Phi) is 6.26. The summed E-state index contributed by atoms with van der Waals surface area (Å²) in [6.07, 6.45) is 1.22. The minimum absolute atomic E-state index is 0.00723. The van der Waals surface area contributed by atoms with E-state index < -0.39 is 21.9 Å². The van der Waals surface area contributed by atoms with Crippen LogP contribution < -0.4 is 5.32 Å². The molecule has 0 fully saturated rings. The molecule has 0 bridgehead atoms. The number of ether oxygens (including phenoxy) is 1. The first-order chi connectivity index (χ1) is 11.8. The highest BCUT2D eigenvalue weighted by Gasteiger charge is 2.26. The van der Waals surface area contributed by atoms with Crippen molar-refractivity contribution in [3.05, 3.63) is 47.2 Å². The second kappa shape index (κ2) is 8.03. The highest BCUT2D eigenvalue weighted by molar-refractivity contribution is 9.09. The van der Waals surface area contributed by atoms with Crippen LogP contribution >= 0.6 is 27.5 Å². The average molecular weight is 450 g/mol. The molecular formula is C15H14BrClN2O5S. The van der Waals surface area contributed by atoms with Gasteiger partial charge in [0.2, 0.25) is 5.91 Å². The predicted molar refractivity (Wildman–Crippen MR) is 96.8 cm³/mol. The number of nitrogens with zero attached hydrogens (tertiary/aromatic N) is 1. The standard InChI is InChI=1S/C15H14BrClN2O5S/c1-2-24-15(21)12-4-3-7-19(12)25(22,23)13-8-10(17)5-6-11(13)18-14(20)9-16/h3-8H,2,9H2,1H3,(H,18,20). The molecule has 1 amide bonds. The minimum atomic E-state index is -4.20. The van der Waals surface area contributed by atoms with E-state index in [1.807, 2.05) is 0 Å². The summed E-state index contributed by atoms with van der Waals surface area (Å²) in [7, 11) is -4.20. The number of rotatable bonds is 6. The van der Waals surface area contributed by atoms with E-state index in [0.717, 1.165) is 3.97 Å². The average Bonchev–Trinajstić information content (AvgIpc) is 3.07. The molecule has 0 saturated carbocycles. The van der Waals surface area contributed by atoms with Gasteiger partial charge in [0, 0.05) is 11.2 Å². The second-order valence-electron chi connectivity index (χ2n) is 4.74. The number of alkyl halides is 1. The van der Waals surface area contributed by atoms with Gasteiger partial charge in [-0.2, -0.15) is 0 Å². The van der Waals surface area contributed by atoms with Gasteiger partial charge in [0.05, 0.1) is 17.6 Å². The minimum Gasteiger partial charge on any atom is -0.461 e. The second-order valence-corrected chi connectivity index (χ2v) is 7.52. The Morgan fingerprint density at radius 1 is 1.32 bits per heavy atom. The summed E-state index contributed by atoms with van der Waals surface area (Å²) in [5.74, 6) is -1.21. The van der Waals surface area contributed by atoms with Crippen molar-refractivity contribution in [2.45, 2.75) is 11.8 Å². The van der Waals surface area contributed by atoms with Crippen molar-refractivity contribution in [2.75, 3.05) is 17.3 Å². The Balaban J connectivity index is 2.58. The smallest absolute Gasteiger partial charge is 0.355 e. The molecule has 134 valence electrons. The van der Waals surface area contributed by atoms with Crippen LogP contribution in [-0.2, 0) is 19.6 Å². The number of amides is 1. The molecule has 2 rings (SSSR count). The zero-order valence-corrected chi connectivity index (χ0v) is 16.2. The molecule has 0 atom stereocenters. The van der Waals surface area contributed by atoms with Gasteiger partial charge >= 0.3 is 5.97 Å². The Morgan fingerprint density at radius 3 is 2.68 bits per heavy atom. The fourth-order valence-corrected chi connectivity index (χ4v) is 3.93. The molecule has 0 radical (unpaired) electrons. The van der Waals surface area contributed by atoms with E-state index in [-0.39, 0.29) is 33.2 Å². The maximum atomic E-state index is 13.0. The molecule has 1 aromatic carbocycles. The van der Waals surface area contributed by atoms with Crippen molar-refractivity contribution < 1.29 is 22.7 Å². The van der Waals surface area contributed by atoms with Crippen LogP contribution in [0.3, 0.4) is 0 Å². The van der Waals surface area contributed by atoms with Crippen LogP contribution in [0.15, 0.2) is 41.4 Å². The Labute approximate surface area is 158 Å². The van der Waals surface area contributed by atoms with Gasteiger partial charge in [-0.05, 0) is 37.3 Å². The maximum Gasteiger partial charge on any atom is 0.355 e. The van der Waals surface area contributed by atoms with Crippen molar-refractivity contribution >= 4 is 55.1 Å². The summed E-state index contributed by atoms with van der Waals surface area (Å²) >= 11 is 8.91. The number of hydrogen-bond donors (Lipinski definition) is 1. The fraction of sp³-hybridized carbons (Fsp3) is 0.200. The van der Waals surface area contributed by atoms with Crippen molar-refractivity contribution in [2.24, 2.45) is 0 Å². The van der Waals surface area contributed by atoms with Gasteiger partial charge in [0.1, 0.15) is 10.6 Å². The summed E-state index contributed by atoms with van der Waals surface area (Å²) in [5, 5.41) is 2.64. The highest BCUT2D eigenvalue weighted by Crippen LogP contribution is 2.28. The number of anilines is 1. The fourth-order valence-electron chi connectivity index (χ4n) is 2.04. The van der Waals surface area contributed by atoms with E-state index in [0.29, 0.717) is 0 Å².